The first kappa shape index (κ1) is 23.7. The molecule has 8 nitrogen and oxygen atoms in total. The number of anilines is 4. The smallest absolute Gasteiger partial charge is 0.227 e. The van der Waals surface area contributed by atoms with Crippen LogP contribution in [0.3, 0.4) is 0 Å². The molecule has 2 aromatic heterocycles. The Morgan fingerprint density at radius 2 is 1.89 bits per heavy atom. The van der Waals surface area contributed by atoms with Crippen molar-refractivity contribution in [1.29, 1.82) is 0 Å². The summed E-state index contributed by atoms with van der Waals surface area (Å²) in [6.45, 7) is 6.50. The Hall–Kier alpha value is -2.69. The van der Waals surface area contributed by atoms with Crippen LogP contribution in [0.5, 0.6) is 0 Å². The average Bonchev–Trinajstić information content (AvgIpc) is 3.22. The molecule has 1 aliphatic carbocycles. The van der Waals surface area contributed by atoms with Gasteiger partial charge in [-0.15, -0.1) is 11.3 Å². The molecule has 0 radical (unpaired) electrons. The molecule has 10 heteroatoms. The lowest BCUT2D eigenvalue weighted by atomic mass is 10.2. The highest BCUT2D eigenvalue weighted by Crippen LogP contribution is 2.33. The van der Waals surface area contributed by atoms with Gasteiger partial charge in [-0.25, -0.2) is 15.0 Å². The van der Waals surface area contributed by atoms with Crippen molar-refractivity contribution in [2.24, 2.45) is 5.92 Å². The number of thiazole rings is 1. The molecule has 1 atom stereocenters. The number of rotatable bonds is 8. The van der Waals surface area contributed by atoms with Crippen LogP contribution in [0.25, 0.3) is 0 Å². The molecule has 3 aliphatic rings. The van der Waals surface area contributed by atoms with Crippen LogP contribution in [0.1, 0.15) is 37.0 Å². The van der Waals surface area contributed by atoms with Crippen LogP contribution in [0.2, 0.25) is 0 Å². The third-order valence-corrected chi connectivity index (χ3v) is 8.67. The lowest BCUT2D eigenvalue weighted by molar-refractivity contribution is -0.117. The number of aromatic nitrogens is 3. The van der Waals surface area contributed by atoms with E-state index in [1.165, 1.54) is 44.1 Å². The summed E-state index contributed by atoms with van der Waals surface area (Å²) in [5, 5.41) is 7.92. The number of likely N-dealkylation sites (tertiary alicyclic amines) is 1. The van der Waals surface area contributed by atoms with E-state index in [-0.39, 0.29) is 11.8 Å². The molecule has 1 saturated carbocycles. The molecule has 4 heterocycles. The number of nitrogens with zero attached hydrogens (tertiary/aromatic N) is 5. The van der Waals surface area contributed by atoms with E-state index < -0.39 is 0 Å². The Morgan fingerprint density at radius 1 is 1.08 bits per heavy atom. The summed E-state index contributed by atoms with van der Waals surface area (Å²) in [5.41, 5.74) is 0.831. The van der Waals surface area contributed by atoms with Crippen LogP contribution in [-0.4, -0.2) is 58.0 Å². The largest absolute Gasteiger partial charge is 0.355 e. The highest BCUT2D eigenvalue weighted by molar-refractivity contribution is 7.99. The Labute approximate surface area is 219 Å². The number of carbonyl (C=O) groups excluding carboxylic acids is 1. The zero-order valence-electron chi connectivity index (χ0n) is 20.4. The first-order chi connectivity index (χ1) is 17.6. The minimum Gasteiger partial charge on any atom is -0.355 e. The van der Waals surface area contributed by atoms with E-state index >= 15 is 0 Å². The summed E-state index contributed by atoms with van der Waals surface area (Å²) in [4.78, 5) is 33.5. The van der Waals surface area contributed by atoms with Gasteiger partial charge in [0.2, 0.25) is 5.91 Å². The van der Waals surface area contributed by atoms with Gasteiger partial charge in [-0.05, 0) is 88.1 Å². The van der Waals surface area contributed by atoms with Gasteiger partial charge in [0.15, 0.2) is 10.3 Å². The van der Waals surface area contributed by atoms with E-state index in [0.717, 1.165) is 58.2 Å². The summed E-state index contributed by atoms with van der Waals surface area (Å²) < 4.78 is 0. The molecule has 0 unspecified atom stereocenters. The number of hydrogen-bond donors (Lipinski definition) is 2. The fourth-order valence-electron chi connectivity index (χ4n) is 4.86. The Bertz CT molecular complexity index is 1220. The summed E-state index contributed by atoms with van der Waals surface area (Å²) >= 11 is 3.15. The molecule has 2 saturated heterocycles. The summed E-state index contributed by atoms with van der Waals surface area (Å²) in [5.74, 6) is 2.03. The van der Waals surface area contributed by atoms with Crippen LogP contribution < -0.4 is 15.5 Å². The van der Waals surface area contributed by atoms with Gasteiger partial charge < -0.3 is 15.5 Å². The molecule has 0 bridgehead atoms. The van der Waals surface area contributed by atoms with Crippen LogP contribution >= 0.6 is 23.1 Å². The van der Waals surface area contributed by atoms with Crippen LogP contribution in [0.4, 0.5) is 22.5 Å². The maximum atomic E-state index is 12.1. The van der Waals surface area contributed by atoms with Crippen molar-refractivity contribution >= 4 is 51.5 Å². The predicted molar refractivity (Wildman–Crippen MR) is 146 cm³/mol. The molecule has 0 spiro atoms. The van der Waals surface area contributed by atoms with Crippen molar-refractivity contribution < 1.29 is 4.79 Å². The zero-order valence-corrected chi connectivity index (χ0v) is 22.1. The number of hydrogen-bond acceptors (Lipinski definition) is 9. The SMILES string of the molecule is Cc1cnc(Nc2cc(N3CC[C@@H](N4CCCC4)C3)nc(Sc3ccc(NC(=O)C4CC4)cc3)n2)s1. The minimum atomic E-state index is 0.123. The van der Waals surface area contributed by atoms with E-state index in [1.807, 2.05) is 36.5 Å². The second-order valence-electron chi connectivity index (χ2n) is 9.82. The lowest BCUT2D eigenvalue weighted by Crippen LogP contribution is -2.35. The number of nitrogens with one attached hydrogen (secondary N) is 2. The number of aryl methyl sites for hydroxylation is 1. The molecular formula is C26H31N7OS2. The monoisotopic (exact) mass is 521 g/mol. The first-order valence-electron chi connectivity index (χ1n) is 12.8. The van der Waals surface area contributed by atoms with E-state index in [2.05, 4.69) is 32.3 Å². The standard InChI is InChI=1S/C26H31N7OS2/c1-17-15-27-25(35-17)29-22-14-23(33-13-10-20(16-33)32-11-2-3-12-32)31-26(30-22)36-21-8-6-19(7-9-21)28-24(34)18-4-5-18/h6-9,14-15,18,20H,2-5,10-13,16H2,1H3,(H,28,34)(H,27,29,30,31)/t20-/m1/s1. The fraction of sp³-hybridized carbons (Fsp3) is 0.462. The lowest BCUT2D eigenvalue weighted by Gasteiger charge is -2.24. The summed E-state index contributed by atoms with van der Waals surface area (Å²) in [7, 11) is 0. The predicted octanol–water partition coefficient (Wildman–Crippen LogP) is 5.16. The van der Waals surface area contributed by atoms with Gasteiger partial charge in [-0.3, -0.25) is 9.69 Å². The van der Waals surface area contributed by atoms with Gasteiger partial charge in [-0.1, -0.05) is 0 Å². The van der Waals surface area contributed by atoms with Crippen molar-refractivity contribution in [3.63, 3.8) is 0 Å². The topological polar surface area (TPSA) is 86.3 Å². The molecular weight excluding hydrogens is 490 g/mol. The average molecular weight is 522 g/mol. The van der Waals surface area contributed by atoms with Crippen LogP contribution in [0.15, 0.2) is 46.6 Å². The van der Waals surface area contributed by atoms with E-state index in [0.29, 0.717) is 11.2 Å². The number of amides is 1. The molecule has 3 aromatic rings. The Kier molecular flexibility index (Phi) is 6.81. The second kappa shape index (κ2) is 10.4. The Morgan fingerprint density at radius 3 is 2.61 bits per heavy atom. The zero-order chi connectivity index (χ0) is 24.5. The number of carbonyl (C=O) groups is 1. The van der Waals surface area contributed by atoms with Crippen molar-refractivity contribution in [1.82, 2.24) is 19.9 Å². The van der Waals surface area contributed by atoms with Crippen molar-refractivity contribution in [3.8, 4) is 0 Å². The fourth-order valence-corrected chi connectivity index (χ4v) is 6.30. The van der Waals surface area contributed by atoms with E-state index in [9.17, 15) is 4.79 Å². The van der Waals surface area contributed by atoms with Gasteiger partial charge in [0.05, 0.1) is 0 Å². The molecule has 1 aromatic carbocycles. The van der Waals surface area contributed by atoms with E-state index in [1.54, 1.807) is 11.3 Å². The molecule has 2 aliphatic heterocycles. The summed E-state index contributed by atoms with van der Waals surface area (Å²) in [6, 6.07) is 10.6. The minimum absolute atomic E-state index is 0.123. The molecule has 3 fully saturated rings. The molecule has 2 N–H and O–H groups in total. The van der Waals surface area contributed by atoms with E-state index in [4.69, 9.17) is 9.97 Å². The van der Waals surface area contributed by atoms with Gasteiger partial charge in [-0.2, -0.15) is 0 Å². The van der Waals surface area contributed by atoms with Gasteiger partial charge in [0, 0.05) is 52.8 Å². The highest BCUT2D eigenvalue weighted by atomic mass is 32.2. The van der Waals surface area contributed by atoms with Gasteiger partial charge in [0.1, 0.15) is 11.6 Å². The normalized spacial score (nSPS) is 20.1. The summed E-state index contributed by atoms with van der Waals surface area (Å²) in [6.07, 6.45) is 7.68. The maximum absolute atomic E-state index is 12.1. The quantitative estimate of drug-likeness (QED) is 0.393. The Balaban J connectivity index is 1.20. The molecule has 6 rings (SSSR count). The first-order valence-corrected chi connectivity index (χ1v) is 14.4. The van der Waals surface area contributed by atoms with Crippen molar-refractivity contribution in [3.05, 3.63) is 41.4 Å². The van der Waals surface area contributed by atoms with Crippen molar-refractivity contribution in [2.75, 3.05) is 41.7 Å². The van der Waals surface area contributed by atoms with Crippen LogP contribution in [0, 0.1) is 12.8 Å². The second-order valence-corrected chi connectivity index (χ2v) is 12.1. The van der Waals surface area contributed by atoms with Crippen LogP contribution in [-0.2, 0) is 4.79 Å². The van der Waals surface area contributed by atoms with Gasteiger partial charge in [0.25, 0.3) is 0 Å². The van der Waals surface area contributed by atoms with Crippen molar-refractivity contribution in [2.45, 2.75) is 55.1 Å². The molecule has 1 amide bonds. The third kappa shape index (κ3) is 5.66. The maximum Gasteiger partial charge on any atom is 0.227 e. The third-order valence-electron chi connectivity index (χ3n) is 6.97. The highest BCUT2D eigenvalue weighted by Gasteiger charge is 2.31. The molecule has 36 heavy (non-hydrogen) atoms. The van der Waals surface area contributed by atoms with Gasteiger partial charge >= 0.3 is 0 Å². The molecule has 188 valence electrons. The number of benzene rings is 1.